The lowest BCUT2D eigenvalue weighted by Crippen LogP contribution is -2.76. The zero-order valence-corrected chi connectivity index (χ0v) is 22.5. The molecule has 5 aliphatic rings. The van der Waals surface area contributed by atoms with Gasteiger partial charge in [-0.3, -0.25) is 4.79 Å². The fraction of sp³-hybridized carbons (Fsp3) is 0.966. The second-order valence-corrected chi connectivity index (χ2v) is 15.3. The summed E-state index contributed by atoms with van der Waals surface area (Å²) in [7, 11) is 0. The number of rotatable bonds is 1. The van der Waals surface area contributed by atoms with Gasteiger partial charge in [0.2, 0.25) is 0 Å². The van der Waals surface area contributed by atoms with Gasteiger partial charge in [-0.1, -0.05) is 41.5 Å². The van der Waals surface area contributed by atoms with Crippen molar-refractivity contribution in [1.29, 1.82) is 0 Å². The highest BCUT2D eigenvalue weighted by atomic mass is 16.4. The minimum atomic E-state index is -1.45. The molecule has 5 fully saturated rings. The molecule has 0 bridgehead atoms. The Balaban J connectivity index is 1.59. The molecule has 6 nitrogen and oxygen atoms in total. The maximum Gasteiger partial charge on any atom is 0.310 e. The predicted molar refractivity (Wildman–Crippen MR) is 132 cm³/mol. The lowest BCUT2D eigenvalue weighted by molar-refractivity contribution is -0.320. The molecule has 200 valence electrons. The highest BCUT2D eigenvalue weighted by Gasteiger charge is 2.75. The van der Waals surface area contributed by atoms with E-state index in [4.69, 9.17) is 0 Å². The van der Waals surface area contributed by atoms with E-state index in [-0.39, 0.29) is 28.6 Å². The van der Waals surface area contributed by atoms with Crippen LogP contribution >= 0.6 is 0 Å². The van der Waals surface area contributed by atoms with E-state index in [2.05, 4.69) is 41.5 Å². The Bertz CT molecular complexity index is 900. The van der Waals surface area contributed by atoms with Crippen LogP contribution in [0.3, 0.4) is 0 Å². The Labute approximate surface area is 210 Å². The molecule has 0 aromatic heterocycles. The third-order valence-corrected chi connectivity index (χ3v) is 13.0. The van der Waals surface area contributed by atoms with Gasteiger partial charge in [-0.15, -0.1) is 0 Å². The molecule has 11 atom stereocenters. The van der Waals surface area contributed by atoms with Crippen molar-refractivity contribution in [3.63, 3.8) is 0 Å². The molecule has 5 N–H and O–H groups in total. The van der Waals surface area contributed by atoms with Crippen molar-refractivity contribution in [3.05, 3.63) is 0 Å². The number of carbonyl (C=O) groups is 1. The first kappa shape index (κ1) is 25.9. The van der Waals surface area contributed by atoms with Gasteiger partial charge in [-0.2, -0.15) is 0 Å². The van der Waals surface area contributed by atoms with Gasteiger partial charge in [0.1, 0.15) is 0 Å². The van der Waals surface area contributed by atoms with Crippen LogP contribution < -0.4 is 0 Å². The monoisotopic (exact) mass is 492 g/mol. The van der Waals surface area contributed by atoms with E-state index in [1.807, 2.05) is 0 Å². The van der Waals surface area contributed by atoms with Crippen molar-refractivity contribution in [2.75, 3.05) is 0 Å². The maximum absolute atomic E-state index is 12.8. The molecule has 0 radical (unpaired) electrons. The first-order valence-electron chi connectivity index (χ1n) is 14.0. The number of aliphatic hydroxyl groups excluding tert-OH is 3. The van der Waals surface area contributed by atoms with Crippen LogP contribution in [0.4, 0.5) is 0 Å². The average Bonchev–Trinajstić information content (AvgIpc) is 2.75. The van der Waals surface area contributed by atoms with Gasteiger partial charge in [0.25, 0.3) is 0 Å². The molecule has 0 heterocycles. The molecule has 0 saturated heterocycles. The summed E-state index contributed by atoms with van der Waals surface area (Å²) in [4.78, 5) is 12.8. The van der Waals surface area contributed by atoms with Crippen LogP contribution in [0.1, 0.15) is 99.3 Å². The Morgan fingerprint density at radius 1 is 0.800 bits per heavy atom. The fourth-order valence-electron chi connectivity index (χ4n) is 11.0. The minimum Gasteiger partial charge on any atom is -0.481 e. The third kappa shape index (κ3) is 3.06. The molecule has 0 amide bonds. The van der Waals surface area contributed by atoms with Crippen LogP contribution in [0, 0.1) is 50.7 Å². The Kier molecular flexibility index (Phi) is 5.52. The average molecular weight is 493 g/mol. The summed E-state index contributed by atoms with van der Waals surface area (Å²) in [5.74, 6) is -0.827. The van der Waals surface area contributed by atoms with E-state index < -0.39 is 52.0 Å². The van der Waals surface area contributed by atoms with Crippen molar-refractivity contribution in [2.24, 2.45) is 50.7 Å². The molecule has 35 heavy (non-hydrogen) atoms. The zero-order chi connectivity index (χ0) is 26.0. The summed E-state index contributed by atoms with van der Waals surface area (Å²) >= 11 is 0. The summed E-state index contributed by atoms with van der Waals surface area (Å²) in [5.41, 5.74) is -3.80. The summed E-state index contributed by atoms with van der Waals surface area (Å²) in [6.45, 7) is 12.8. The number of aliphatic hydroxyl groups is 4. The second kappa shape index (κ2) is 7.45. The topological polar surface area (TPSA) is 118 Å². The molecule has 0 aromatic rings. The van der Waals surface area contributed by atoms with E-state index in [0.29, 0.717) is 38.5 Å². The van der Waals surface area contributed by atoms with Crippen LogP contribution in [-0.4, -0.2) is 55.4 Å². The van der Waals surface area contributed by atoms with E-state index in [1.54, 1.807) is 0 Å². The Morgan fingerprint density at radius 3 is 2.06 bits per heavy atom. The fourth-order valence-corrected chi connectivity index (χ4v) is 11.0. The number of hydrogen-bond donors (Lipinski definition) is 5. The Morgan fingerprint density at radius 2 is 1.43 bits per heavy atom. The normalized spacial score (nSPS) is 56.7. The van der Waals surface area contributed by atoms with Gasteiger partial charge in [0.15, 0.2) is 0 Å². The summed E-state index contributed by atoms with van der Waals surface area (Å²) < 4.78 is 0. The predicted octanol–water partition coefficient (Wildman–Crippen LogP) is 3.98. The van der Waals surface area contributed by atoms with Crippen LogP contribution in [0.5, 0.6) is 0 Å². The van der Waals surface area contributed by atoms with Gasteiger partial charge in [-0.25, -0.2) is 0 Å². The van der Waals surface area contributed by atoms with Crippen molar-refractivity contribution in [1.82, 2.24) is 0 Å². The van der Waals surface area contributed by atoms with Crippen LogP contribution in [0.25, 0.3) is 0 Å². The lowest BCUT2D eigenvalue weighted by atomic mass is 9.33. The van der Waals surface area contributed by atoms with Crippen molar-refractivity contribution in [3.8, 4) is 0 Å². The quantitative estimate of drug-likeness (QED) is 0.378. The van der Waals surface area contributed by atoms with Gasteiger partial charge in [-0.05, 0) is 91.8 Å². The molecule has 5 aliphatic carbocycles. The standard InChI is InChI=1S/C29H48O6/c1-24(2)9-11-28(23(33)34)12-10-27(6)16-7-8-19-25(3,4)22(32)18(30)14-26(19,5)17(16)13-21(31)29(27,35)20(28)15-24/h16-22,30-32,35H,7-15H2,1-6H3,(H,33,34)/t16?,17?,18-,19?,20?,21?,22+,26-,27+,28?,29?/m1/s1. The first-order chi connectivity index (χ1) is 16.0. The number of hydrogen-bond acceptors (Lipinski definition) is 5. The van der Waals surface area contributed by atoms with Crippen molar-refractivity contribution >= 4 is 5.97 Å². The molecule has 5 saturated carbocycles. The van der Waals surface area contributed by atoms with E-state index in [1.165, 1.54) is 0 Å². The molecule has 0 aromatic carbocycles. The van der Waals surface area contributed by atoms with Crippen LogP contribution in [0.15, 0.2) is 0 Å². The number of carboxylic acid groups (broad SMARTS) is 1. The smallest absolute Gasteiger partial charge is 0.310 e. The molecular formula is C29H48O6. The summed E-state index contributed by atoms with van der Waals surface area (Å²) in [6.07, 6.45) is 3.29. The molecule has 0 spiro atoms. The SMILES string of the molecule is CC1(C)CCC2(C(=O)O)CC[C@@]3(C)C4CCC5C(C)(C)[C@@H](O)[C@H](O)C[C@]5(C)C4CC(O)C3(O)C2C1. The van der Waals surface area contributed by atoms with Crippen LogP contribution in [0.2, 0.25) is 0 Å². The summed E-state index contributed by atoms with van der Waals surface area (Å²) in [6, 6.07) is 0. The maximum atomic E-state index is 12.8. The zero-order valence-electron chi connectivity index (χ0n) is 22.5. The molecule has 5 rings (SSSR count). The van der Waals surface area contributed by atoms with Gasteiger partial charge >= 0.3 is 5.97 Å². The van der Waals surface area contributed by atoms with Crippen molar-refractivity contribution in [2.45, 2.75) is 123 Å². The second-order valence-electron chi connectivity index (χ2n) is 15.3. The third-order valence-electron chi connectivity index (χ3n) is 13.0. The van der Waals surface area contributed by atoms with E-state index >= 15 is 0 Å². The highest BCUT2D eigenvalue weighted by Crippen LogP contribution is 2.74. The minimum absolute atomic E-state index is 0.0779. The highest BCUT2D eigenvalue weighted by molar-refractivity contribution is 5.76. The number of fused-ring (bicyclic) bond motifs is 7. The summed E-state index contributed by atoms with van der Waals surface area (Å²) in [5, 5.41) is 56.8. The Hall–Kier alpha value is -0.690. The van der Waals surface area contributed by atoms with Gasteiger partial charge < -0.3 is 25.5 Å². The van der Waals surface area contributed by atoms with Gasteiger partial charge in [0, 0.05) is 11.3 Å². The lowest BCUT2D eigenvalue weighted by Gasteiger charge is -2.73. The number of carboxylic acids is 1. The number of aliphatic carboxylic acids is 1. The van der Waals surface area contributed by atoms with Crippen LogP contribution in [-0.2, 0) is 4.79 Å². The largest absolute Gasteiger partial charge is 0.481 e. The first-order valence-corrected chi connectivity index (χ1v) is 14.0. The molecule has 6 heteroatoms. The van der Waals surface area contributed by atoms with E-state index in [0.717, 1.165) is 19.3 Å². The molecule has 7 unspecified atom stereocenters. The van der Waals surface area contributed by atoms with Crippen molar-refractivity contribution < 1.29 is 30.3 Å². The van der Waals surface area contributed by atoms with E-state index in [9.17, 15) is 30.3 Å². The van der Waals surface area contributed by atoms with Gasteiger partial charge in [0.05, 0.1) is 29.3 Å². The molecule has 0 aliphatic heterocycles. The molecular weight excluding hydrogens is 444 g/mol.